The Labute approximate surface area is 132 Å². The third-order valence-corrected chi connectivity index (χ3v) is 3.21. The van der Waals surface area contributed by atoms with Gasteiger partial charge in [-0.25, -0.2) is 9.18 Å². The number of halogens is 2. The maximum Gasteiger partial charge on any atom is 0.330 e. The topological polar surface area (TPSA) is 35.5 Å². The van der Waals surface area contributed by atoms with E-state index in [9.17, 15) is 9.18 Å². The van der Waals surface area contributed by atoms with Gasteiger partial charge in [-0.3, -0.25) is 0 Å². The second-order valence-corrected chi connectivity index (χ2v) is 4.83. The fourth-order valence-corrected chi connectivity index (χ4v) is 1.98. The van der Waals surface area contributed by atoms with Crippen molar-refractivity contribution >= 4 is 23.6 Å². The molecule has 5 heteroatoms. The first-order valence-corrected chi connectivity index (χ1v) is 6.89. The second kappa shape index (κ2) is 7.61. The molecule has 0 unspecified atom stereocenters. The second-order valence-electron chi connectivity index (χ2n) is 4.43. The molecule has 0 saturated heterocycles. The van der Waals surface area contributed by atoms with Crippen molar-refractivity contribution in [2.75, 3.05) is 7.11 Å². The summed E-state index contributed by atoms with van der Waals surface area (Å²) in [6, 6.07) is 11.4. The molecule has 0 spiro atoms. The lowest BCUT2D eigenvalue weighted by atomic mass is 10.2. The van der Waals surface area contributed by atoms with Crippen molar-refractivity contribution in [1.82, 2.24) is 0 Å². The van der Waals surface area contributed by atoms with E-state index >= 15 is 0 Å². The minimum Gasteiger partial charge on any atom is -0.487 e. The maximum absolute atomic E-state index is 13.5. The highest BCUT2D eigenvalue weighted by Crippen LogP contribution is 2.27. The first-order valence-electron chi connectivity index (χ1n) is 6.52. The summed E-state index contributed by atoms with van der Waals surface area (Å²) in [5.41, 5.74) is 1.18. The van der Waals surface area contributed by atoms with E-state index in [-0.39, 0.29) is 12.4 Å². The van der Waals surface area contributed by atoms with Crippen LogP contribution in [0.1, 0.15) is 11.1 Å². The lowest BCUT2D eigenvalue weighted by Gasteiger charge is -2.09. The molecule has 0 saturated carbocycles. The van der Waals surface area contributed by atoms with E-state index in [0.29, 0.717) is 16.3 Å². The van der Waals surface area contributed by atoms with Crippen LogP contribution in [-0.4, -0.2) is 13.1 Å². The van der Waals surface area contributed by atoms with Gasteiger partial charge < -0.3 is 9.47 Å². The van der Waals surface area contributed by atoms with Crippen molar-refractivity contribution < 1.29 is 18.7 Å². The Morgan fingerprint density at radius 3 is 2.73 bits per heavy atom. The number of carbonyl (C=O) groups is 1. The summed E-state index contributed by atoms with van der Waals surface area (Å²) in [5.74, 6) is -0.326. The van der Waals surface area contributed by atoms with Gasteiger partial charge >= 0.3 is 5.97 Å². The Morgan fingerprint density at radius 1 is 1.27 bits per heavy atom. The first-order chi connectivity index (χ1) is 10.6. The Kier molecular flexibility index (Phi) is 5.55. The van der Waals surface area contributed by atoms with Gasteiger partial charge in [0, 0.05) is 11.6 Å². The highest BCUT2D eigenvalue weighted by molar-refractivity contribution is 6.32. The highest BCUT2D eigenvalue weighted by Gasteiger charge is 2.05. The smallest absolute Gasteiger partial charge is 0.330 e. The van der Waals surface area contributed by atoms with E-state index in [4.69, 9.17) is 16.3 Å². The van der Waals surface area contributed by atoms with Crippen LogP contribution in [-0.2, 0) is 16.1 Å². The van der Waals surface area contributed by atoms with Crippen molar-refractivity contribution in [2.24, 2.45) is 0 Å². The normalized spacial score (nSPS) is 10.7. The van der Waals surface area contributed by atoms with Gasteiger partial charge in [0.1, 0.15) is 18.2 Å². The number of benzene rings is 2. The van der Waals surface area contributed by atoms with Gasteiger partial charge in [-0.15, -0.1) is 0 Å². The Bertz CT molecular complexity index is 698. The monoisotopic (exact) mass is 320 g/mol. The minimum absolute atomic E-state index is 0.0870. The molecule has 0 N–H and O–H groups in total. The predicted molar refractivity (Wildman–Crippen MR) is 83.2 cm³/mol. The zero-order chi connectivity index (χ0) is 15.9. The van der Waals surface area contributed by atoms with Crippen LogP contribution in [0.4, 0.5) is 4.39 Å². The van der Waals surface area contributed by atoms with Gasteiger partial charge in [-0.2, -0.15) is 0 Å². The summed E-state index contributed by atoms with van der Waals surface area (Å²) in [6.07, 6.45) is 2.88. The maximum atomic E-state index is 13.5. The fourth-order valence-electron chi connectivity index (χ4n) is 1.74. The molecule has 0 aromatic heterocycles. The van der Waals surface area contributed by atoms with Gasteiger partial charge in [0.2, 0.25) is 0 Å². The Morgan fingerprint density at radius 2 is 2.05 bits per heavy atom. The summed E-state index contributed by atoms with van der Waals surface area (Å²) in [7, 11) is 1.30. The van der Waals surface area contributed by atoms with Gasteiger partial charge in [-0.05, 0) is 29.8 Å². The first kappa shape index (κ1) is 16.0. The molecule has 2 rings (SSSR count). The molecule has 114 valence electrons. The molecule has 3 nitrogen and oxygen atoms in total. The van der Waals surface area contributed by atoms with Crippen LogP contribution in [0.15, 0.2) is 48.5 Å². The molecule has 0 amide bonds. The lowest BCUT2D eigenvalue weighted by molar-refractivity contribution is -0.134. The number of hydrogen-bond acceptors (Lipinski definition) is 3. The van der Waals surface area contributed by atoms with Crippen LogP contribution in [0.5, 0.6) is 5.75 Å². The third-order valence-electron chi connectivity index (χ3n) is 2.91. The number of methoxy groups -OCH3 is 1. The van der Waals surface area contributed by atoms with E-state index in [1.165, 1.54) is 19.3 Å². The summed E-state index contributed by atoms with van der Waals surface area (Å²) in [6.45, 7) is 0.0870. The quantitative estimate of drug-likeness (QED) is 0.610. The number of hydrogen-bond donors (Lipinski definition) is 0. The molecule has 0 aliphatic rings. The number of ether oxygens (including phenoxy) is 2. The van der Waals surface area contributed by atoms with Gasteiger partial charge in [0.25, 0.3) is 0 Å². The summed E-state index contributed by atoms with van der Waals surface area (Å²) in [4.78, 5) is 11.0. The van der Waals surface area contributed by atoms with Crippen LogP contribution in [0.25, 0.3) is 6.08 Å². The van der Waals surface area contributed by atoms with Crippen LogP contribution < -0.4 is 4.74 Å². The van der Waals surface area contributed by atoms with Crippen molar-refractivity contribution in [3.05, 3.63) is 70.5 Å². The van der Waals surface area contributed by atoms with Gasteiger partial charge in [-0.1, -0.05) is 35.9 Å². The average molecular weight is 321 g/mol. The number of rotatable bonds is 5. The molecule has 0 bridgehead atoms. The molecule has 0 radical (unpaired) electrons. The molecule has 0 atom stereocenters. The summed E-state index contributed by atoms with van der Waals surface area (Å²) >= 11 is 6.12. The molecular weight excluding hydrogens is 307 g/mol. The SMILES string of the molecule is COC(=O)/C=C/c1ccc(OCc2ccccc2F)c(Cl)c1. The lowest BCUT2D eigenvalue weighted by Crippen LogP contribution is -1.98. The summed E-state index contributed by atoms with van der Waals surface area (Å²) in [5, 5.41) is 0.378. The van der Waals surface area contributed by atoms with E-state index in [1.54, 1.807) is 42.5 Å². The number of esters is 1. The van der Waals surface area contributed by atoms with E-state index in [2.05, 4.69) is 4.74 Å². The van der Waals surface area contributed by atoms with Crippen molar-refractivity contribution in [1.29, 1.82) is 0 Å². The van der Waals surface area contributed by atoms with Gasteiger partial charge in [0.15, 0.2) is 0 Å². The molecule has 0 fully saturated rings. The molecule has 0 aliphatic carbocycles. The van der Waals surface area contributed by atoms with Crippen molar-refractivity contribution in [3.63, 3.8) is 0 Å². The molecule has 2 aromatic carbocycles. The number of carbonyl (C=O) groups excluding carboxylic acids is 1. The largest absolute Gasteiger partial charge is 0.487 e. The summed E-state index contributed by atoms with van der Waals surface area (Å²) < 4.78 is 23.5. The Hall–Kier alpha value is -2.33. The standard InChI is InChI=1S/C17H14ClFO3/c1-21-17(20)9-7-12-6-8-16(14(18)10-12)22-11-13-4-2-3-5-15(13)19/h2-10H,11H2,1H3/b9-7+. The van der Waals surface area contributed by atoms with E-state index in [1.807, 2.05) is 0 Å². The van der Waals surface area contributed by atoms with Crippen LogP contribution >= 0.6 is 11.6 Å². The average Bonchev–Trinajstić information content (AvgIpc) is 2.53. The zero-order valence-corrected chi connectivity index (χ0v) is 12.6. The third kappa shape index (κ3) is 4.33. The van der Waals surface area contributed by atoms with Crippen molar-refractivity contribution in [2.45, 2.75) is 6.61 Å². The molecule has 2 aromatic rings. The van der Waals surface area contributed by atoms with Crippen LogP contribution in [0.2, 0.25) is 5.02 Å². The molecule has 0 heterocycles. The van der Waals surface area contributed by atoms with Gasteiger partial charge in [0.05, 0.1) is 12.1 Å². The van der Waals surface area contributed by atoms with E-state index in [0.717, 1.165) is 5.56 Å². The zero-order valence-electron chi connectivity index (χ0n) is 11.9. The minimum atomic E-state index is -0.448. The van der Waals surface area contributed by atoms with Crippen molar-refractivity contribution in [3.8, 4) is 5.75 Å². The molecule has 0 aliphatic heterocycles. The molecule has 22 heavy (non-hydrogen) atoms. The highest BCUT2D eigenvalue weighted by atomic mass is 35.5. The Balaban J connectivity index is 2.05. The van der Waals surface area contributed by atoms with Crippen LogP contribution in [0, 0.1) is 5.82 Å². The predicted octanol–water partition coefficient (Wildman–Crippen LogP) is 4.24. The molecular formula is C17H14ClFO3. The fraction of sp³-hybridized carbons (Fsp3) is 0.118. The van der Waals surface area contributed by atoms with E-state index < -0.39 is 5.97 Å². The van der Waals surface area contributed by atoms with Crippen LogP contribution in [0.3, 0.4) is 0 Å².